The molecule has 36 heavy (non-hydrogen) atoms. The molecule has 2 amide bonds. The fourth-order valence-corrected chi connectivity index (χ4v) is 4.78. The molecule has 1 aliphatic heterocycles. The third-order valence-electron chi connectivity index (χ3n) is 6.84. The van der Waals surface area contributed by atoms with Crippen molar-refractivity contribution in [2.45, 2.75) is 44.9 Å². The van der Waals surface area contributed by atoms with Crippen LogP contribution in [-0.2, 0) is 30.8 Å². The maximum atomic E-state index is 13.2. The first kappa shape index (κ1) is 22.3. The van der Waals surface area contributed by atoms with Crippen molar-refractivity contribution in [2.75, 3.05) is 13.7 Å². The Hall–Kier alpha value is -4.14. The number of nitrogens with zero attached hydrogens (tertiary/aromatic N) is 5. The van der Waals surface area contributed by atoms with Crippen molar-refractivity contribution in [1.29, 1.82) is 0 Å². The number of nitrogens with one attached hydrogen (secondary N) is 1. The molecular weight excluding hydrogens is 456 g/mol. The second-order valence-electron chi connectivity index (χ2n) is 9.48. The van der Waals surface area contributed by atoms with Crippen LogP contribution in [0.3, 0.4) is 0 Å². The highest BCUT2D eigenvalue weighted by atomic mass is 16.5. The van der Waals surface area contributed by atoms with Gasteiger partial charge in [-0.1, -0.05) is 30.3 Å². The van der Waals surface area contributed by atoms with E-state index in [-0.39, 0.29) is 24.4 Å². The molecule has 4 aromatic rings. The van der Waals surface area contributed by atoms with Crippen LogP contribution in [0.4, 0.5) is 0 Å². The first-order valence-corrected chi connectivity index (χ1v) is 12.3. The molecule has 6 rings (SSSR count). The van der Waals surface area contributed by atoms with Gasteiger partial charge in [0.2, 0.25) is 5.91 Å². The van der Waals surface area contributed by atoms with E-state index in [1.54, 1.807) is 16.7 Å². The lowest BCUT2D eigenvalue weighted by molar-refractivity contribution is -0.133. The quantitative estimate of drug-likeness (QED) is 0.435. The highest BCUT2D eigenvalue weighted by Gasteiger charge is 2.32. The number of amides is 2. The fraction of sp³-hybridized carbons (Fsp3) is 0.333. The first-order valence-electron chi connectivity index (χ1n) is 12.3. The molecule has 2 aliphatic rings. The smallest absolute Gasteiger partial charge is 0.272 e. The number of aromatic nitrogens is 4. The summed E-state index contributed by atoms with van der Waals surface area (Å²) < 4.78 is 8.96. The Bertz CT molecular complexity index is 1420. The Labute approximate surface area is 208 Å². The lowest BCUT2D eigenvalue weighted by Gasteiger charge is -2.28. The van der Waals surface area contributed by atoms with Crippen molar-refractivity contribution in [3.05, 3.63) is 77.2 Å². The predicted molar refractivity (Wildman–Crippen MR) is 134 cm³/mol. The van der Waals surface area contributed by atoms with E-state index < -0.39 is 0 Å². The van der Waals surface area contributed by atoms with Crippen molar-refractivity contribution in [3.63, 3.8) is 0 Å². The van der Waals surface area contributed by atoms with Crippen molar-refractivity contribution < 1.29 is 14.3 Å². The van der Waals surface area contributed by atoms with E-state index in [2.05, 4.69) is 10.4 Å². The molecule has 184 valence electrons. The van der Waals surface area contributed by atoms with Gasteiger partial charge in [-0.3, -0.25) is 19.0 Å². The monoisotopic (exact) mass is 484 g/mol. The Morgan fingerprint density at radius 3 is 2.78 bits per heavy atom. The minimum absolute atomic E-state index is 0.0254. The van der Waals surface area contributed by atoms with Gasteiger partial charge in [-0.2, -0.15) is 10.2 Å². The summed E-state index contributed by atoms with van der Waals surface area (Å²) in [6.45, 7) is 1.62. The average molecular weight is 485 g/mol. The van der Waals surface area contributed by atoms with Crippen LogP contribution < -0.4 is 10.1 Å². The van der Waals surface area contributed by atoms with Crippen molar-refractivity contribution in [2.24, 2.45) is 0 Å². The summed E-state index contributed by atoms with van der Waals surface area (Å²) in [6, 6.07) is 15.9. The second kappa shape index (κ2) is 9.14. The number of hydrogen-bond donors (Lipinski definition) is 1. The lowest BCUT2D eigenvalue weighted by atomic mass is 10.0. The third kappa shape index (κ3) is 4.44. The first-order chi connectivity index (χ1) is 17.6. The van der Waals surface area contributed by atoms with Gasteiger partial charge < -0.3 is 15.0 Å². The number of methoxy groups -OCH3 is 1. The van der Waals surface area contributed by atoms with E-state index in [0.29, 0.717) is 31.7 Å². The van der Waals surface area contributed by atoms with E-state index in [0.717, 1.165) is 46.3 Å². The molecule has 9 nitrogen and oxygen atoms in total. The Morgan fingerprint density at radius 1 is 1.11 bits per heavy atom. The van der Waals surface area contributed by atoms with Crippen LogP contribution in [0.5, 0.6) is 5.75 Å². The largest absolute Gasteiger partial charge is 0.497 e. The topological polar surface area (TPSA) is 94.3 Å². The van der Waals surface area contributed by atoms with E-state index in [1.165, 1.54) is 0 Å². The van der Waals surface area contributed by atoms with Crippen LogP contribution in [0.1, 0.15) is 40.2 Å². The van der Waals surface area contributed by atoms with Crippen molar-refractivity contribution in [1.82, 2.24) is 29.8 Å². The molecule has 0 atom stereocenters. The highest BCUT2D eigenvalue weighted by Crippen LogP contribution is 2.26. The van der Waals surface area contributed by atoms with Crippen LogP contribution in [-0.4, -0.2) is 56.0 Å². The zero-order valence-electron chi connectivity index (χ0n) is 20.2. The summed E-state index contributed by atoms with van der Waals surface area (Å²) in [7, 11) is 1.65. The number of carbonyl (C=O) groups excluding carboxylic acids is 2. The van der Waals surface area contributed by atoms with Crippen LogP contribution in [0.2, 0.25) is 0 Å². The minimum Gasteiger partial charge on any atom is -0.497 e. The van der Waals surface area contributed by atoms with Gasteiger partial charge >= 0.3 is 0 Å². The average Bonchev–Trinajstić information content (AvgIpc) is 3.50. The molecule has 2 aromatic heterocycles. The Balaban J connectivity index is 1.25. The molecular formula is C27H28N6O3. The van der Waals surface area contributed by atoms with Gasteiger partial charge in [-0.15, -0.1) is 0 Å². The SMILES string of the molecule is COc1cccc(Cn2nc(C(=O)NC3CC3)c3c2CCN(C(=O)Cn2cc4ccccc4n2)C3)c1. The molecule has 1 saturated carbocycles. The van der Waals surface area contributed by atoms with E-state index in [4.69, 9.17) is 9.84 Å². The van der Waals surface area contributed by atoms with Crippen LogP contribution in [0.25, 0.3) is 10.9 Å². The standard InChI is InChI=1S/C27H28N6O3/c1-36-21-7-4-5-18(13-21)14-33-24-11-12-31(16-22(24)26(30-33)27(35)28-20-9-10-20)25(34)17-32-15-19-6-2-3-8-23(19)29-32/h2-8,13,15,20H,9-12,14,16-17H2,1H3,(H,28,35). The summed E-state index contributed by atoms with van der Waals surface area (Å²) in [5.74, 6) is 0.594. The Morgan fingerprint density at radius 2 is 1.97 bits per heavy atom. The molecule has 0 saturated heterocycles. The summed E-state index contributed by atoms with van der Waals surface area (Å²) in [4.78, 5) is 28.1. The maximum Gasteiger partial charge on any atom is 0.272 e. The normalized spacial score (nSPS) is 15.1. The summed E-state index contributed by atoms with van der Waals surface area (Å²) in [6.07, 6.45) is 4.53. The zero-order chi connectivity index (χ0) is 24.6. The van der Waals surface area contributed by atoms with E-state index in [9.17, 15) is 9.59 Å². The zero-order valence-corrected chi connectivity index (χ0v) is 20.2. The number of hydrogen-bond acceptors (Lipinski definition) is 5. The van der Waals surface area contributed by atoms with Crippen molar-refractivity contribution in [3.8, 4) is 5.75 Å². The van der Waals surface area contributed by atoms with E-state index in [1.807, 2.05) is 59.4 Å². The summed E-state index contributed by atoms with van der Waals surface area (Å²) >= 11 is 0. The number of carbonyl (C=O) groups is 2. The third-order valence-corrected chi connectivity index (χ3v) is 6.84. The van der Waals surface area contributed by atoms with Gasteiger partial charge in [-0.05, 0) is 36.6 Å². The van der Waals surface area contributed by atoms with Gasteiger partial charge in [0, 0.05) is 48.4 Å². The minimum atomic E-state index is -0.161. The van der Waals surface area contributed by atoms with Crippen LogP contribution in [0, 0.1) is 0 Å². The van der Waals surface area contributed by atoms with E-state index >= 15 is 0 Å². The Kier molecular flexibility index (Phi) is 5.67. The number of ether oxygens (including phenoxy) is 1. The predicted octanol–water partition coefficient (Wildman–Crippen LogP) is 2.77. The molecule has 0 radical (unpaired) electrons. The van der Waals surface area contributed by atoms with Crippen LogP contribution >= 0.6 is 0 Å². The molecule has 0 bridgehead atoms. The molecule has 1 aliphatic carbocycles. The molecule has 1 fully saturated rings. The van der Waals surface area contributed by atoms with Crippen LogP contribution in [0.15, 0.2) is 54.7 Å². The van der Waals surface area contributed by atoms with Gasteiger partial charge in [0.05, 0.1) is 19.2 Å². The molecule has 0 spiro atoms. The van der Waals surface area contributed by atoms with Crippen molar-refractivity contribution >= 4 is 22.7 Å². The highest BCUT2D eigenvalue weighted by molar-refractivity contribution is 5.94. The van der Waals surface area contributed by atoms with Gasteiger partial charge in [0.25, 0.3) is 5.91 Å². The van der Waals surface area contributed by atoms with Gasteiger partial charge in [-0.25, -0.2) is 0 Å². The van der Waals surface area contributed by atoms with Gasteiger partial charge in [0.15, 0.2) is 5.69 Å². The number of rotatable bonds is 7. The molecule has 2 aromatic carbocycles. The number of fused-ring (bicyclic) bond motifs is 2. The molecule has 3 heterocycles. The van der Waals surface area contributed by atoms with Gasteiger partial charge in [0.1, 0.15) is 12.3 Å². The second-order valence-corrected chi connectivity index (χ2v) is 9.48. The molecule has 9 heteroatoms. The maximum absolute atomic E-state index is 13.2. The molecule has 0 unspecified atom stereocenters. The molecule has 1 N–H and O–H groups in total. The summed E-state index contributed by atoms with van der Waals surface area (Å²) in [5.41, 5.74) is 4.16. The number of benzene rings is 2. The lowest BCUT2D eigenvalue weighted by Crippen LogP contribution is -2.39. The summed E-state index contributed by atoms with van der Waals surface area (Å²) in [5, 5.41) is 13.3. The fourth-order valence-electron chi connectivity index (χ4n) is 4.78.